The lowest BCUT2D eigenvalue weighted by Crippen LogP contribution is -2.18. The van der Waals surface area contributed by atoms with E-state index in [1.807, 2.05) is 12.1 Å². The van der Waals surface area contributed by atoms with Gasteiger partial charge in [-0.05, 0) is 36.4 Å². The number of benzene rings is 2. The molecule has 0 N–H and O–H groups in total. The van der Waals surface area contributed by atoms with E-state index in [1.165, 1.54) is 14.2 Å². The number of halogens is 1. The second-order valence-corrected chi connectivity index (χ2v) is 5.12. The fraction of sp³-hybridized carbons (Fsp3) is 0.188. The molecule has 5 nitrogen and oxygen atoms in total. The smallest absolute Gasteiger partial charge is 0.349 e. The molecular weight excluding hydrogens is 352 g/mol. The van der Waals surface area contributed by atoms with Crippen LogP contribution in [0.5, 0.6) is 23.0 Å². The van der Waals surface area contributed by atoms with Crippen LogP contribution in [0.15, 0.2) is 46.9 Å². The Morgan fingerprint density at radius 2 is 1.59 bits per heavy atom. The standard InChI is InChI=1S/C16H15BrO5/c1-19-13-4-3-5-14(20-2)16(13)22-15(18)10-21-12-8-6-11(17)7-9-12/h3-9H,10H2,1-2H3. The molecule has 22 heavy (non-hydrogen) atoms. The number of esters is 1. The van der Waals surface area contributed by atoms with Gasteiger partial charge in [-0.3, -0.25) is 0 Å². The largest absolute Gasteiger partial charge is 0.493 e. The Labute approximate surface area is 136 Å². The van der Waals surface area contributed by atoms with Gasteiger partial charge in [0.05, 0.1) is 14.2 Å². The average Bonchev–Trinajstić information content (AvgIpc) is 2.54. The molecule has 0 aliphatic heterocycles. The van der Waals surface area contributed by atoms with Gasteiger partial charge in [-0.15, -0.1) is 0 Å². The van der Waals surface area contributed by atoms with Crippen molar-refractivity contribution in [3.63, 3.8) is 0 Å². The van der Waals surface area contributed by atoms with Crippen LogP contribution in [0.4, 0.5) is 0 Å². The monoisotopic (exact) mass is 366 g/mol. The molecule has 0 fully saturated rings. The van der Waals surface area contributed by atoms with Crippen LogP contribution in [0.25, 0.3) is 0 Å². The summed E-state index contributed by atoms with van der Waals surface area (Å²) in [6.07, 6.45) is 0. The maximum atomic E-state index is 11.9. The molecule has 0 saturated heterocycles. The molecule has 0 unspecified atom stereocenters. The van der Waals surface area contributed by atoms with Crippen LogP contribution in [0.2, 0.25) is 0 Å². The third-order valence-electron chi connectivity index (χ3n) is 2.77. The second-order valence-electron chi connectivity index (χ2n) is 4.21. The number of carbonyl (C=O) groups is 1. The minimum absolute atomic E-state index is 0.219. The zero-order chi connectivity index (χ0) is 15.9. The lowest BCUT2D eigenvalue weighted by molar-refractivity contribution is -0.136. The maximum Gasteiger partial charge on any atom is 0.349 e. The van der Waals surface area contributed by atoms with Gasteiger partial charge in [-0.1, -0.05) is 22.0 Å². The summed E-state index contributed by atoms with van der Waals surface area (Å²) in [7, 11) is 2.98. The van der Waals surface area contributed by atoms with Crippen LogP contribution in [0, 0.1) is 0 Å². The third kappa shape index (κ3) is 4.14. The predicted molar refractivity (Wildman–Crippen MR) is 84.8 cm³/mol. The molecule has 2 rings (SSSR count). The molecule has 0 aromatic heterocycles. The van der Waals surface area contributed by atoms with Crippen molar-refractivity contribution in [2.45, 2.75) is 0 Å². The number of para-hydroxylation sites is 1. The zero-order valence-corrected chi connectivity index (χ0v) is 13.8. The molecule has 6 heteroatoms. The molecule has 0 atom stereocenters. The molecule has 0 saturated carbocycles. The van der Waals surface area contributed by atoms with E-state index >= 15 is 0 Å². The van der Waals surface area contributed by atoms with Crippen molar-refractivity contribution in [1.29, 1.82) is 0 Å². The number of ether oxygens (including phenoxy) is 4. The molecule has 0 bridgehead atoms. The Morgan fingerprint density at radius 1 is 1.00 bits per heavy atom. The summed E-state index contributed by atoms with van der Waals surface area (Å²) in [6.45, 7) is -0.219. The van der Waals surface area contributed by atoms with Crippen molar-refractivity contribution in [3.05, 3.63) is 46.9 Å². The molecular formula is C16H15BrO5. The minimum atomic E-state index is -0.550. The Morgan fingerprint density at radius 3 is 2.14 bits per heavy atom. The van der Waals surface area contributed by atoms with Crippen LogP contribution in [0.1, 0.15) is 0 Å². The number of carbonyl (C=O) groups excluding carboxylic acids is 1. The van der Waals surface area contributed by atoms with E-state index in [4.69, 9.17) is 18.9 Å². The molecule has 2 aromatic rings. The maximum absolute atomic E-state index is 11.9. The van der Waals surface area contributed by atoms with Crippen LogP contribution in [-0.2, 0) is 4.79 Å². The number of hydrogen-bond donors (Lipinski definition) is 0. The molecule has 0 aliphatic carbocycles. The van der Waals surface area contributed by atoms with Gasteiger partial charge >= 0.3 is 5.97 Å². The van der Waals surface area contributed by atoms with E-state index in [0.717, 1.165) is 4.47 Å². The van der Waals surface area contributed by atoms with E-state index in [-0.39, 0.29) is 12.4 Å². The fourth-order valence-electron chi connectivity index (χ4n) is 1.73. The predicted octanol–water partition coefficient (Wildman–Crippen LogP) is 3.45. The first kappa shape index (κ1) is 16.2. The van der Waals surface area contributed by atoms with Crippen LogP contribution in [0.3, 0.4) is 0 Å². The van der Waals surface area contributed by atoms with E-state index < -0.39 is 5.97 Å². The Bertz CT molecular complexity index is 617. The highest BCUT2D eigenvalue weighted by molar-refractivity contribution is 9.10. The Balaban J connectivity index is 2.01. The van der Waals surface area contributed by atoms with E-state index in [1.54, 1.807) is 30.3 Å². The molecule has 0 spiro atoms. The van der Waals surface area contributed by atoms with Crippen molar-refractivity contribution in [1.82, 2.24) is 0 Å². The van der Waals surface area contributed by atoms with Crippen molar-refractivity contribution < 1.29 is 23.7 Å². The molecule has 0 aliphatic rings. The van der Waals surface area contributed by atoms with E-state index in [2.05, 4.69) is 15.9 Å². The Hall–Kier alpha value is -2.21. The minimum Gasteiger partial charge on any atom is -0.493 e. The zero-order valence-electron chi connectivity index (χ0n) is 12.2. The van der Waals surface area contributed by atoms with Crippen LogP contribution in [-0.4, -0.2) is 26.8 Å². The molecule has 0 amide bonds. The van der Waals surface area contributed by atoms with Crippen molar-refractivity contribution >= 4 is 21.9 Å². The summed E-state index contributed by atoms with van der Waals surface area (Å²) < 4.78 is 21.9. The van der Waals surface area contributed by atoms with Gasteiger partial charge in [0.15, 0.2) is 18.1 Å². The first-order valence-corrected chi connectivity index (χ1v) is 7.23. The second kappa shape index (κ2) is 7.70. The van der Waals surface area contributed by atoms with E-state index in [9.17, 15) is 4.79 Å². The van der Waals surface area contributed by atoms with Gasteiger partial charge in [-0.2, -0.15) is 0 Å². The van der Waals surface area contributed by atoms with Crippen molar-refractivity contribution in [3.8, 4) is 23.0 Å². The van der Waals surface area contributed by atoms with Crippen molar-refractivity contribution in [2.75, 3.05) is 20.8 Å². The first-order chi connectivity index (χ1) is 10.6. The normalized spacial score (nSPS) is 9.95. The summed E-state index contributed by atoms with van der Waals surface area (Å²) in [4.78, 5) is 11.9. The van der Waals surface area contributed by atoms with Crippen LogP contribution < -0.4 is 18.9 Å². The van der Waals surface area contributed by atoms with E-state index in [0.29, 0.717) is 17.2 Å². The first-order valence-electron chi connectivity index (χ1n) is 6.44. The number of hydrogen-bond acceptors (Lipinski definition) is 5. The van der Waals surface area contributed by atoms with Gasteiger partial charge in [0.1, 0.15) is 5.75 Å². The van der Waals surface area contributed by atoms with Crippen molar-refractivity contribution in [2.24, 2.45) is 0 Å². The lowest BCUT2D eigenvalue weighted by atomic mass is 10.3. The summed E-state index contributed by atoms with van der Waals surface area (Å²) >= 11 is 3.33. The Kier molecular flexibility index (Phi) is 5.66. The SMILES string of the molecule is COc1cccc(OC)c1OC(=O)COc1ccc(Br)cc1. The summed E-state index contributed by atoms with van der Waals surface area (Å²) in [5.41, 5.74) is 0. The highest BCUT2D eigenvalue weighted by Crippen LogP contribution is 2.36. The third-order valence-corrected chi connectivity index (χ3v) is 3.30. The summed E-state index contributed by atoms with van der Waals surface area (Å²) in [5, 5.41) is 0. The van der Waals surface area contributed by atoms with Gasteiger partial charge in [0.25, 0.3) is 0 Å². The topological polar surface area (TPSA) is 54.0 Å². The average molecular weight is 367 g/mol. The van der Waals surface area contributed by atoms with Gasteiger partial charge in [-0.25, -0.2) is 4.79 Å². The summed E-state index contributed by atoms with van der Waals surface area (Å²) in [6, 6.07) is 12.3. The van der Waals surface area contributed by atoms with Gasteiger partial charge in [0.2, 0.25) is 5.75 Å². The lowest BCUT2D eigenvalue weighted by Gasteiger charge is -2.13. The fourth-order valence-corrected chi connectivity index (χ4v) is 2.00. The summed E-state index contributed by atoms with van der Waals surface area (Å²) in [5.74, 6) is 1.09. The number of rotatable bonds is 6. The van der Waals surface area contributed by atoms with Crippen LogP contribution >= 0.6 is 15.9 Å². The van der Waals surface area contributed by atoms with Gasteiger partial charge < -0.3 is 18.9 Å². The molecule has 116 valence electrons. The highest BCUT2D eigenvalue weighted by atomic mass is 79.9. The molecule has 0 heterocycles. The highest BCUT2D eigenvalue weighted by Gasteiger charge is 2.16. The molecule has 0 radical (unpaired) electrons. The van der Waals surface area contributed by atoms with Gasteiger partial charge in [0, 0.05) is 4.47 Å². The molecule has 2 aromatic carbocycles. The number of methoxy groups -OCH3 is 2. The quantitative estimate of drug-likeness (QED) is 0.578.